The second-order valence-electron chi connectivity index (χ2n) is 7.98. The number of nitrogens with zero attached hydrogens (tertiary/aromatic N) is 2. The zero-order valence-electron chi connectivity index (χ0n) is 19.0. The van der Waals surface area contributed by atoms with Crippen LogP contribution in [0.2, 0.25) is 0 Å². The fourth-order valence-corrected chi connectivity index (χ4v) is 5.84. The van der Waals surface area contributed by atoms with Gasteiger partial charge in [-0.3, -0.25) is 9.52 Å². The van der Waals surface area contributed by atoms with E-state index in [2.05, 4.69) is 20.0 Å². The molecule has 0 saturated heterocycles. The average Bonchev–Trinajstić information content (AvgIpc) is 3.07. The maximum Gasteiger partial charge on any atom is 0.266 e. The standard InChI is InChI=1S/C24H24N4O3S2/c1-13-6-7-19(12-14(13)2)28-33(30,31)20-10-8-18(9-11-20)27-23(29)22-15(3)21-16(4)25-17(5)26-24(21)32-22/h6-12,28H,1-5H3,(H,27,29). The average molecular weight is 481 g/mol. The number of carbonyl (C=O) groups excluding carboxylic acids is 1. The number of amides is 1. The molecule has 0 unspecified atom stereocenters. The van der Waals surface area contributed by atoms with Crippen molar-refractivity contribution in [2.24, 2.45) is 0 Å². The number of fused-ring (bicyclic) bond motifs is 1. The van der Waals surface area contributed by atoms with Crippen LogP contribution in [0.25, 0.3) is 10.2 Å². The fraction of sp³-hybridized carbons (Fsp3) is 0.208. The number of thiophene rings is 1. The third-order valence-corrected chi connectivity index (χ3v) is 8.05. The third kappa shape index (κ3) is 4.60. The maximum atomic E-state index is 12.9. The Morgan fingerprint density at radius 2 is 1.55 bits per heavy atom. The van der Waals surface area contributed by atoms with E-state index in [0.29, 0.717) is 22.1 Å². The van der Waals surface area contributed by atoms with E-state index < -0.39 is 10.0 Å². The summed E-state index contributed by atoms with van der Waals surface area (Å²) in [6.07, 6.45) is 0. The lowest BCUT2D eigenvalue weighted by molar-refractivity contribution is 0.103. The van der Waals surface area contributed by atoms with Crippen LogP contribution in [0.5, 0.6) is 0 Å². The molecule has 4 aromatic rings. The summed E-state index contributed by atoms with van der Waals surface area (Å²) in [5.74, 6) is 0.399. The second kappa shape index (κ2) is 8.57. The zero-order chi connectivity index (χ0) is 23.9. The monoisotopic (exact) mass is 480 g/mol. The Morgan fingerprint density at radius 1 is 0.879 bits per heavy atom. The first-order chi connectivity index (χ1) is 15.5. The summed E-state index contributed by atoms with van der Waals surface area (Å²) in [5, 5.41) is 3.74. The minimum Gasteiger partial charge on any atom is -0.321 e. The molecule has 2 aromatic heterocycles. The van der Waals surface area contributed by atoms with Crippen molar-refractivity contribution in [1.29, 1.82) is 0 Å². The number of carbonyl (C=O) groups is 1. The van der Waals surface area contributed by atoms with Gasteiger partial charge in [-0.2, -0.15) is 0 Å². The molecule has 0 radical (unpaired) electrons. The molecule has 0 aliphatic carbocycles. The molecular weight excluding hydrogens is 456 g/mol. The normalized spacial score (nSPS) is 11.5. The van der Waals surface area contributed by atoms with E-state index in [1.165, 1.54) is 23.5 Å². The molecular formula is C24H24N4O3S2. The second-order valence-corrected chi connectivity index (χ2v) is 10.7. The summed E-state index contributed by atoms with van der Waals surface area (Å²) in [7, 11) is -3.75. The van der Waals surface area contributed by atoms with E-state index in [-0.39, 0.29) is 10.8 Å². The fourth-order valence-electron chi connectivity index (χ4n) is 3.61. The van der Waals surface area contributed by atoms with Crippen LogP contribution in [0.1, 0.15) is 37.9 Å². The Kier molecular flexibility index (Phi) is 5.94. The van der Waals surface area contributed by atoms with E-state index in [4.69, 9.17) is 0 Å². The Bertz CT molecular complexity index is 1490. The molecule has 0 spiro atoms. The van der Waals surface area contributed by atoms with Crippen LogP contribution in [0.4, 0.5) is 11.4 Å². The molecule has 0 bridgehead atoms. The van der Waals surface area contributed by atoms with E-state index in [0.717, 1.165) is 32.6 Å². The summed E-state index contributed by atoms with van der Waals surface area (Å²) in [4.78, 5) is 23.2. The van der Waals surface area contributed by atoms with Crippen LogP contribution >= 0.6 is 11.3 Å². The van der Waals surface area contributed by atoms with Gasteiger partial charge in [0.2, 0.25) is 0 Å². The van der Waals surface area contributed by atoms with E-state index in [9.17, 15) is 13.2 Å². The van der Waals surface area contributed by atoms with E-state index >= 15 is 0 Å². The lowest BCUT2D eigenvalue weighted by Crippen LogP contribution is -2.14. The summed E-state index contributed by atoms with van der Waals surface area (Å²) < 4.78 is 28.1. The van der Waals surface area contributed by atoms with Crippen LogP contribution in [0, 0.1) is 34.6 Å². The first kappa shape index (κ1) is 22.9. The largest absolute Gasteiger partial charge is 0.321 e. The van der Waals surface area contributed by atoms with Gasteiger partial charge in [0.1, 0.15) is 10.7 Å². The number of hydrogen-bond donors (Lipinski definition) is 2. The van der Waals surface area contributed by atoms with E-state index in [1.54, 1.807) is 24.3 Å². The van der Waals surface area contributed by atoms with Crippen molar-refractivity contribution in [3.63, 3.8) is 0 Å². The minimum absolute atomic E-state index is 0.109. The number of hydrogen-bond acceptors (Lipinski definition) is 6. The van der Waals surface area contributed by atoms with Gasteiger partial charge in [-0.05, 0) is 87.7 Å². The van der Waals surface area contributed by atoms with Crippen LogP contribution in [0.15, 0.2) is 47.4 Å². The van der Waals surface area contributed by atoms with Crippen molar-refractivity contribution in [3.05, 3.63) is 75.6 Å². The SMILES string of the molecule is Cc1nc(C)c2c(C)c(C(=O)Nc3ccc(S(=O)(=O)Nc4ccc(C)c(C)c4)cc3)sc2n1. The zero-order valence-corrected chi connectivity index (χ0v) is 20.6. The summed E-state index contributed by atoms with van der Waals surface area (Å²) in [6, 6.07) is 11.5. The number of aryl methyl sites for hydroxylation is 5. The molecule has 7 nitrogen and oxygen atoms in total. The molecule has 0 aliphatic heterocycles. The lowest BCUT2D eigenvalue weighted by atomic mass is 10.1. The van der Waals surface area contributed by atoms with Crippen molar-refractivity contribution >= 4 is 48.9 Å². The quantitative estimate of drug-likeness (QED) is 0.404. The Hall–Kier alpha value is -3.30. The number of aromatic nitrogens is 2. The van der Waals surface area contributed by atoms with Gasteiger partial charge in [0.25, 0.3) is 15.9 Å². The molecule has 170 valence electrons. The summed E-state index contributed by atoms with van der Waals surface area (Å²) in [6.45, 7) is 9.51. The summed E-state index contributed by atoms with van der Waals surface area (Å²) >= 11 is 1.32. The van der Waals surface area contributed by atoms with Crippen molar-refractivity contribution in [2.75, 3.05) is 10.0 Å². The molecule has 33 heavy (non-hydrogen) atoms. The molecule has 1 amide bonds. The molecule has 0 saturated carbocycles. The Balaban J connectivity index is 1.53. The lowest BCUT2D eigenvalue weighted by Gasteiger charge is -2.11. The summed E-state index contributed by atoms with van der Waals surface area (Å²) in [5.41, 5.74) is 4.77. The smallest absolute Gasteiger partial charge is 0.266 e. The predicted octanol–water partition coefficient (Wildman–Crippen LogP) is 5.29. The highest BCUT2D eigenvalue weighted by Gasteiger charge is 2.19. The van der Waals surface area contributed by atoms with Gasteiger partial charge in [-0.15, -0.1) is 11.3 Å². The van der Waals surface area contributed by atoms with Crippen molar-refractivity contribution in [1.82, 2.24) is 9.97 Å². The minimum atomic E-state index is -3.75. The van der Waals surface area contributed by atoms with Crippen LogP contribution in [-0.4, -0.2) is 24.3 Å². The topological polar surface area (TPSA) is 101 Å². The molecule has 0 fully saturated rings. The van der Waals surface area contributed by atoms with Gasteiger partial charge in [0.15, 0.2) is 0 Å². The van der Waals surface area contributed by atoms with Crippen LogP contribution < -0.4 is 10.0 Å². The van der Waals surface area contributed by atoms with Crippen molar-refractivity contribution in [2.45, 2.75) is 39.5 Å². The van der Waals surface area contributed by atoms with E-state index in [1.807, 2.05) is 40.7 Å². The molecule has 4 rings (SSSR count). The van der Waals surface area contributed by atoms with Gasteiger partial charge < -0.3 is 5.32 Å². The van der Waals surface area contributed by atoms with Crippen molar-refractivity contribution < 1.29 is 13.2 Å². The highest BCUT2D eigenvalue weighted by molar-refractivity contribution is 7.92. The molecule has 2 heterocycles. The van der Waals surface area contributed by atoms with Gasteiger partial charge in [-0.1, -0.05) is 6.07 Å². The molecule has 2 N–H and O–H groups in total. The van der Waals surface area contributed by atoms with Gasteiger partial charge >= 0.3 is 0 Å². The Morgan fingerprint density at radius 3 is 2.21 bits per heavy atom. The van der Waals surface area contributed by atoms with Crippen LogP contribution in [0.3, 0.4) is 0 Å². The molecule has 0 atom stereocenters. The first-order valence-electron chi connectivity index (χ1n) is 10.3. The predicted molar refractivity (Wildman–Crippen MR) is 133 cm³/mol. The number of anilines is 2. The maximum absolute atomic E-state index is 12.9. The highest BCUT2D eigenvalue weighted by atomic mass is 32.2. The van der Waals surface area contributed by atoms with Gasteiger partial charge in [0, 0.05) is 22.5 Å². The van der Waals surface area contributed by atoms with Crippen molar-refractivity contribution in [3.8, 4) is 0 Å². The van der Waals surface area contributed by atoms with Crippen LogP contribution in [-0.2, 0) is 10.0 Å². The number of benzene rings is 2. The molecule has 0 aliphatic rings. The number of sulfonamides is 1. The molecule has 9 heteroatoms. The third-order valence-electron chi connectivity index (χ3n) is 5.47. The number of rotatable bonds is 5. The Labute approximate surface area is 197 Å². The van der Waals surface area contributed by atoms with Gasteiger partial charge in [-0.25, -0.2) is 18.4 Å². The highest BCUT2D eigenvalue weighted by Crippen LogP contribution is 2.32. The molecule has 2 aromatic carbocycles. The first-order valence-corrected chi connectivity index (χ1v) is 12.6. The van der Waals surface area contributed by atoms with Gasteiger partial charge in [0.05, 0.1) is 9.77 Å². The number of nitrogens with one attached hydrogen (secondary N) is 2.